The molecule has 0 amide bonds. The largest absolute Gasteiger partial charge is 0.491 e. The smallest absolute Gasteiger partial charge is 0.119 e. The highest BCUT2D eigenvalue weighted by Crippen LogP contribution is 2.45. The summed E-state index contributed by atoms with van der Waals surface area (Å²) in [6.45, 7) is 8.85. The summed E-state index contributed by atoms with van der Waals surface area (Å²) < 4.78 is 5.83. The lowest BCUT2D eigenvalue weighted by atomic mass is 9.86. The zero-order valence-corrected chi connectivity index (χ0v) is 17.5. The molecule has 5 heteroatoms. The summed E-state index contributed by atoms with van der Waals surface area (Å²) in [5.74, 6) is 0.856. The lowest BCUT2D eigenvalue weighted by molar-refractivity contribution is 0.0505. The Labute approximate surface area is 170 Å². The minimum atomic E-state index is -0.435. The Bertz CT molecular complexity index is 607. The molecule has 1 aromatic carbocycles. The number of likely N-dealkylation sites (N-methyl/N-ethyl adjacent to an activating group) is 1. The number of ether oxygens (including phenoxy) is 1. The zero-order valence-electron chi connectivity index (χ0n) is 17.5. The highest BCUT2D eigenvalue weighted by atomic mass is 16.5. The first kappa shape index (κ1) is 20.1. The van der Waals surface area contributed by atoms with Crippen LogP contribution in [0.25, 0.3) is 0 Å². The number of aliphatic hydroxyl groups excluding tert-OH is 1. The molecule has 2 saturated heterocycles. The highest BCUT2D eigenvalue weighted by molar-refractivity contribution is 5.27. The fourth-order valence-corrected chi connectivity index (χ4v) is 5.22. The first-order valence-electron chi connectivity index (χ1n) is 11.1. The number of hydrogen-bond donors (Lipinski definition) is 1. The molecule has 5 nitrogen and oxygen atoms in total. The molecular formula is C23H37N3O2. The second kappa shape index (κ2) is 9.12. The van der Waals surface area contributed by atoms with Crippen molar-refractivity contribution < 1.29 is 9.84 Å². The van der Waals surface area contributed by atoms with Crippen LogP contribution in [0.3, 0.4) is 0 Å². The van der Waals surface area contributed by atoms with Crippen LogP contribution in [0.2, 0.25) is 0 Å². The summed E-state index contributed by atoms with van der Waals surface area (Å²) in [4.78, 5) is 7.28. The molecule has 2 heterocycles. The van der Waals surface area contributed by atoms with Crippen LogP contribution in [0.4, 0.5) is 0 Å². The van der Waals surface area contributed by atoms with Crippen LogP contribution in [-0.2, 0) is 6.54 Å². The molecule has 3 fully saturated rings. The fourth-order valence-electron chi connectivity index (χ4n) is 5.22. The van der Waals surface area contributed by atoms with Crippen molar-refractivity contribution in [3.05, 3.63) is 29.8 Å². The summed E-state index contributed by atoms with van der Waals surface area (Å²) in [6, 6.07) is 8.47. The van der Waals surface area contributed by atoms with Gasteiger partial charge in [-0.3, -0.25) is 9.80 Å². The van der Waals surface area contributed by atoms with E-state index in [9.17, 15) is 5.11 Å². The highest BCUT2D eigenvalue weighted by Gasteiger charge is 2.39. The monoisotopic (exact) mass is 387 g/mol. The summed E-state index contributed by atoms with van der Waals surface area (Å²) in [5, 5.41) is 10.3. The standard InChI is InChI=1S/C23H37N3O2/c1-24-12-14-25(15-13-24)17-21(27)18-28-22-6-4-20(5-7-22)16-26-11-10-23(19-26)8-2-3-9-23/h4-7,21,27H,2-3,8-19H2,1H3. The van der Waals surface area contributed by atoms with E-state index in [1.807, 2.05) is 0 Å². The first-order chi connectivity index (χ1) is 13.6. The Balaban J connectivity index is 1.18. The number of nitrogens with zero attached hydrogens (tertiary/aromatic N) is 3. The fraction of sp³-hybridized carbons (Fsp3) is 0.739. The van der Waals surface area contributed by atoms with Crippen LogP contribution in [0.15, 0.2) is 24.3 Å². The van der Waals surface area contributed by atoms with Crippen LogP contribution in [-0.4, -0.2) is 85.4 Å². The van der Waals surface area contributed by atoms with Crippen molar-refractivity contribution in [3.8, 4) is 5.75 Å². The van der Waals surface area contributed by atoms with Crippen molar-refractivity contribution in [1.29, 1.82) is 0 Å². The maximum Gasteiger partial charge on any atom is 0.119 e. The second-order valence-corrected chi connectivity index (χ2v) is 9.38. The van der Waals surface area contributed by atoms with Gasteiger partial charge in [-0.1, -0.05) is 25.0 Å². The molecule has 0 radical (unpaired) electrons. The Morgan fingerprint density at radius 3 is 2.39 bits per heavy atom. The van der Waals surface area contributed by atoms with Gasteiger partial charge in [-0.2, -0.15) is 0 Å². The molecular weight excluding hydrogens is 350 g/mol. The number of benzene rings is 1. The van der Waals surface area contributed by atoms with Gasteiger partial charge in [-0.25, -0.2) is 0 Å². The molecule has 2 aliphatic heterocycles. The van der Waals surface area contributed by atoms with Gasteiger partial charge in [0.15, 0.2) is 0 Å². The van der Waals surface area contributed by atoms with Gasteiger partial charge in [0.25, 0.3) is 0 Å². The molecule has 1 aromatic rings. The van der Waals surface area contributed by atoms with E-state index in [0.29, 0.717) is 18.6 Å². The van der Waals surface area contributed by atoms with Gasteiger partial charge in [0.05, 0.1) is 0 Å². The van der Waals surface area contributed by atoms with Crippen LogP contribution < -0.4 is 4.74 Å². The number of piperazine rings is 1. The third-order valence-electron chi connectivity index (χ3n) is 7.02. The topological polar surface area (TPSA) is 39.2 Å². The van der Waals surface area contributed by atoms with E-state index in [2.05, 4.69) is 46.0 Å². The number of rotatable bonds is 7. The molecule has 1 saturated carbocycles. The SMILES string of the molecule is CN1CCN(CC(O)COc2ccc(CN3CCC4(CCCC4)C3)cc2)CC1. The summed E-state index contributed by atoms with van der Waals surface area (Å²) in [6.07, 6.45) is 6.69. The van der Waals surface area contributed by atoms with E-state index in [0.717, 1.165) is 38.5 Å². The Morgan fingerprint density at radius 1 is 0.964 bits per heavy atom. The van der Waals surface area contributed by atoms with E-state index < -0.39 is 6.10 Å². The Hall–Kier alpha value is -1.14. The first-order valence-corrected chi connectivity index (χ1v) is 11.1. The van der Waals surface area contributed by atoms with E-state index in [1.165, 1.54) is 50.8 Å². The van der Waals surface area contributed by atoms with Crippen molar-refractivity contribution in [2.75, 3.05) is 59.5 Å². The number of hydrogen-bond acceptors (Lipinski definition) is 5. The van der Waals surface area contributed by atoms with Gasteiger partial charge in [0, 0.05) is 45.8 Å². The van der Waals surface area contributed by atoms with Crippen LogP contribution in [0.1, 0.15) is 37.7 Å². The third-order valence-corrected chi connectivity index (χ3v) is 7.02. The van der Waals surface area contributed by atoms with Crippen molar-refractivity contribution in [3.63, 3.8) is 0 Å². The normalized spacial score (nSPS) is 24.8. The van der Waals surface area contributed by atoms with Gasteiger partial charge in [0.2, 0.25) is 0 Å². The average molecular weight is 388 g/mol. The van der Waals surface area contributed by atoms with Crippen molar-refractivity contribution >= 4 is 0 Å². The van der Waals surface area contributed by atoms with Crippen LogP contribution in [0.5, 0.6) is 5.75 Å². The molecule has 1 spiro atoms. The Morgan fingerprint density at radius 2 is 1.68 bits per heavy atom. The molecule has 1 N–H and O–H groups in total. The number of likely N-dealkylation sites (tertiary alicyclic amines) is 1. The maximum absolute atomic E-state index is 10.3. The number of aliphatic hydroxyl groups is 1. The third kappa shape index (κ3) is 5.26. The lowest BCUT2D eigenvalue weighted by Crippen LogP contribution is -2.47. The second-order valence-electron chi connectivity index (χ2n) is 9.38. The van der Waals surface area contributed by atoms with E-state index in [1.54, 1.807) is 0 Å². The number of β-amino-alcohol motifs (C(OH)–C–C–N with tert-alkyl or cyclic N) is 1. The predicted octanol–water partition coefficient (Wildman–Crippen LogP) is 2.44. The minimum absolute atomic E-state index is 0.361. The van der Waals surface area contributed by atoms with Crippen molar-refractivity contribution in [1.82, 2.24) is 14.7 Å². The molecule has 0 bridgehead atoms. The van der Waals surface area contributed by atoms with E-state index in [-0.39, 0.29) is 0 Å². The molecule has 1 atom stereocenters. The zero-order chi connectivity index (χ0) is 19.4. The molecule has 4 rings (SSSR count). The quantitative estimate of drug-likeness (QED) is 0.778. The van der Waals surface area contributed by atoms with E-state index >= 15 is 0 Å². The molecule has 28 heavy (non-hydrogen) atoms. The van der Waals surface area contributed by atoms with Crippen LogP contribution in [0, 0.1) is 5.41 Å². The molecule has 3 aliphatic rings. The molecule has 1 aliphatic carbocycles. The van der Waals surface area contributed by atoms with Crippen molar-refractivity contribution in [2.24, 2.45) is 5.41 Å². The van der Waals surface area contributed by atoms with Gasteiger partial charge in [-0.05, 0) is 56.0 Å². The van der Waals surface area contributed by atoms with Gasteiger partial charge in [-0.15, -0.1) is 0 Å². The van der Waals surface area contributed by atoms with Crippen molar-refractivity contribution in [2.45, 2.75) is 44.8 Å². The maximum atomic E-state index is 10.3. The summed E-state index contributed by atoms with van der Waals surface area (Å²) in [5.41, 5.74) is 2.00. The van der Waals surface area contributed by atoms with Gasteiger partial charge in [0.1, 0.15) is 18.5 Å². The molecule has 1 unspecified atom stereocenters. The molecule has 156 valence electrons. The van der Waals surface area contributed by atoms with E-state index in [4.69, 9.17) is 4.74 Å². The lowest BCUT2D eigenvalue weighted by Gasteiger charge is -2.33. The summed E-state index contributed by atoms with van der Waals surface area (Å²) in [7, 11) is 2.15. The van der Waals surface area contributed by atoms with Crippen LogP contribution >= 0.6 is 0 Å². The predicted molar refractivity (Wildman–Crippen MR) is 113 cm³/mol. The Kier molecular flexibility index (Phi) is 6.56. The average Bonchev–Trinajstić information content (AvgIpc) is 3.33. The van der Waals surface area contributed by atoms with Gasteiger partial charge >= 0.3 is 0 Å². The summed E-state index contributed by atoms with van der Waals surface area (Å²) >= 11 is 0. The van der Waals surface area contributed by atoms with Gasteiger partial charge < -0.3 is 14.7 Å². The molecule has 0 aromatic heterocycles. The minimum Gasteiger partial charge on any atom is -0.491 e.